The number of fused-ring (bicyclic) bond motifs is 1. The fourth-order valence-electron chi connectivity index (χ4n) is 4.11. The minimum atomic E-state index is -3.16. The van der Waals surface area contributed by atoms with Crippen molar-refractivity contribution in [1.29, 1.82) is 0 Å². The lowest BCUT2D eigenvalue weighted by Crippen LogP contribution is -2.38. The minimum Gasteiger partial charge on any atom is -0.314 e. The third-order valence-electron chi connectivity index (χ3n) is 5.57. The molecule has 4 rings (SSSR count). The molecule has 2 atom stereocenters. The van der Waals surface area contributed by atoms with Gasteiger partial charge in [-0.05, 0) is 43.5 Å². The quantitative estimate of drug-likeness (QED) is 0.764. The van der Waals surface area contributed by atoms with Gasteiger partial charge in [-0.25, -0.2) is 13.2 Å². The van der Waals surface area contributed by atoms with Gasteiger partial charge < -0.3 is 4.90 Å². The van der Waals surface area contributed by atoms with Gasteiger partial charge in [0.05, 0.1) is 23.6 Å². The van der Waals surface area contributed by atoms with Crippen LogP contribution in [0.3, 0.4) is 0 Å². The molecule has 6 heteroatoms. The minimum absolute atomic E-state index is 0.0290. The molecule has 0 spiro atoms. The molecule has 2 saturated heterocycles. The van der Waals surface area contributed by atoms with Gasteiger partial charge in [-0.15, -0.1) is 0 Å². The first-order chi connectivity index (χ1) is 12.7. The fraction of sp³-hybridized carbons (Fsp3) is 0.381. The average molecular weight is 385 g/mol. The van der Waals surface area contributed by atoms with Crippen LogP contribution < -0.4 is 4.90 Å². The number of hydrogen-bond donors (Lipinski definition) is 0. The second-order valence-corrected chi connectivity index (χ2v) is 9.92. The van der Waals surface area contributed by atoms with E-state index in [9.17, 15) is 13.2 Å². The summed E-state index contributed by atoms with van der Waals surface area (Å²) in [6, 6.07) is 13.3. The van der Waals surface area contributed by atoms with Crippen LogP contribution in [-0.4, -0.2) is 42.9 Å². The lowest BCUT2D eigenvalue weighted by Gasteiger charge is -2.24. The summed E-state index contributed by atoms with van der Waals surface area (Å²) in [5.41, 5.74) is 5.02. The van der Waals surface area contributed by atoms with E-state index in [1.54, 1.807) is 9.80 Å². The van der Waals surface area contributed by atoms with Gasteiger partial charge in [0.1, 0.15) is 0 Å². The van der Waals surface area contributed by atoms with Gasteiger partial charge in [-0.1, -0.05) is 42.0 Å². The normalized spacial score (nSPS) is 23.7. The fourth-order valence-corrected chi connectivity index (χ4v) is 6.06. The topological polar surface area (TPSA) is 57.7 Å². The van der Waals surface area contributed by atoms with E-state index in [4.69, 9.17) is 0 Å². The molecular formula is C21H24N2O3S. The lowest BCUT2D eigenvalue weighted by molar-refractivity contribution is 0.206. The molecule has 2 aromatic carbocycles. The Morgan fingerprint density at radius 2 is 1.56 bits per heavy atom. The number of anilines is 1. The number of rotatable bonds is 3. The Morgan fingerprint density at radius 1 is 0.926 bits per heavy atom. The standard InChI is InChI=1S/C21H24N2O3S/c1-14-5-8-17(9-6-14)11-22-19-12-27(25,26)13-20(19)23(21(22)24)18-10-15(2)4-7-16(18)3/h4-10,19-20H,11-13H2,1-3H3/t19-,20+/m0/s1. The van der Waals surface area contributed by atoms with Gasteiger partial charge in [-0.3, -0.25) is 4.90 Å². The van der Waals surface area contributed by atoms with Crippen molar-refractivity contribution in [3.8, 4) is 0 Å². The van der Waals surface area contributed by atoms with Crippen molar-refractivity contribution in [2.75, 3.05) is 16.4 Å². The molecule has 0 unspecified atom stereocenters. The van der Waals surface area contributed by atoms with E-state index >= 15 is 0 Å². The maximum Gasteiger partial charge on any atom is 0.325 e. The molecule has 0 aliphatic carbocycles. The molecule has 2 amide bonds. The summed E-state index contributed by atoms with van der Waals surface area (Å²) in [4.78, 5) is 16.8. The van der Waals surface area contributed by atoms with Crippen molar-refractivity contribution < 1.29 is 13.2 Å². The molecular weight excluding hydrogens is 360 g/mol. The number of benzene rings is 2. The molecule has 0 bridgehead atoms. The molecule has 2 heterocycles. The maximum absolute atomic E-state index is 13.3. The zero-order valence-corrected chi connectivity index (χ0v) is 16.7. The highest BCUT2D eigenvalue weighted by Crippen LogP contribution is 2.37. The van der Waals surface area contributed by atoms with Gasteiger partial charge in [0.2, 0.25) is 0 Å². The van der Waals surface area contributed by atoms with Crippen LogP contribution in [0.1, 0.15) is 22.3 Å². The van der Waals surface area contributed by atoms with Crippen molar-refractivity contribution in [3.05, 3.63) is 64.7 Å². The number of urea groups is 1. The van der Waals surface area contributed by atoms with Crippen LogP contribution in [0, 0.1) is 20.8 Å². The SMILES string of the molecule is Cc1ccc(CN2C(=O)N(c3cc(C)ccc3C)[C@@H]3CS(=O)(=O)C[C@@H]32)cc1. The molecule has 5 nitrogen and oxygen atoms in total. The summed E-state index contributed by atoms with van der Waals surface area (Å²) < 4.78 is 24.7. The zero-order valence-electron chi connectivity index (χ0n) is 15.8. The molecule has 2 fully saturated rings. The van der Waals surface area contributed by atoms with Gasteiger partial charge >= 0.3 is 6.03 Å². The van der Waals surface area contributed by atoms with Crippen molar-refractivity contribution in [3.63, 3.8) is 0 Å². The van der Waals surface area contributed by atoms with Crippen LogP contribution in [0.4, 0.5) is 10.5 Å². The molecule has 0 saturated carbocycles. The molecule has 2 aromatic rings. The average Bonchev–Trinajstić information content (AvgIpc) is 3.03. The largest absolute Gasteiger partial charge is 0.325 e. The second-order valence-electron chi connectivity index (χ2n) is 7.77. The summed E-state index contributed by atoms with van der Waals surface area (Å²) in [6.45, 7) is 6.39. The molecule has 0 radical (unpaired) electrons. The van der Waals surface area contributed by atoms with Gasteiger partial charge in [0, 0.05) is 12.2 Å². The van der Waals surface area contributed by atoms with E-state index < -0.39 is 9.84 Å². The Kier molecular flexibility index (Phi) is 4.26. The molecule has 0 N–H and O–H groups in total. The van der Waals surface area contributed by atoms with Crippen LogP contribution in [0.15, 0.2) is 42.5 Å². The predicted octanol–water partition coefficient (Wildman–Crippen LogP) is 3.22. The Hall–Kier alpha value is -2.34. The number of carbonyl (C=O) groups excluding carboxylic acids is 1. The number of amides is 2. The molecule has 2 aliphatic rings. The molecule has 27 heavy (non-hydrogen) atoms. The van der Waals surface area contributed by atoms with Crippen LogP contribution in [0.5, 0.6) is 0 Å². The van der Waals surface area contributed by atoms with E-state index in [1.807, 2.05) is 63.2 Å². The van der Waals surface area contributed by atoms with E-state index in [0.717, 1.165) is 27.9 Å². The second kappa shape index (κ2) is 6.37. The van der Waals surface area contributed by atoms with Crippen molar-refractivity contribution in [1.82, 2.24) is 4.90 Å². The van der Waals surface area contributed by atoms with Crippen LogP contribution in [0.25, 0.3) is 0 Å². The number of aryl methyl sites for hydroxylation is 3. The van der Waals surface area contributed by atoms with Gasteiger partial charge in [0.25, 0.3) is 0 Å². The van der Waals surface area contributed by atoms with Crippen molar-refractivity contribution >= 4 is 21.6 Å². The number of sulfone groups is 1. The Morgan fingerprint density at radius 3 is 2.26 bits per heavy atom. The lowest BCUT2D eigenvalue weighted by atomic mass is 10.1. The van der Waals surface area contributed by atoms with Crippen LogP contribution in [0.2, 0.25) is 0 Å². The van der Waals surface area contributed by atoms with E-state index in [-0.39, 0.29) is 29.6 Å². The van der Waals surface area contributed by atoms with Gasteiger partial charge in [-0.2, -0.15) is 0 Å². The first-order valence-corrected chi connectivity index (χ1v) is 11.0. The van der Waals surface area contributed by atoms with E-state index in [0.29, 0.717) is 6.54 Å². The molecule has 0 aromatic heterocycles. The summed E-state index contributed by atoms with van der Waals surface area (Å²) in [7, 11) is -3.16. The summed E-state index contributed by atoms with van der Waals surface area (Å²) >= 11 is 0. The monoisotopic (exact) mass is 384 g/mol. The highest BCUT2D eigenvalue weighted by atomic mass is 32.2. The van der Waals surface area contributed by atoms with E-state index in [2.05, 4.69) is 0 Å². The van der Waals surface area contributed by atoms with Crippen LogP contribution >= 0.6 is 0 Å². The Labute approximate surface area is 160 Å². The number of nitrogens with zero attached hydrogens (tertiary/aromatic N) is 2. The molecule has 2 aliphatic heterocycles. The maximum atomic E-state index is 13.3. The Bertz CT molecular complexity index is 999. The van der Waals surface area contributed by atoms with Crippen molar-refractivity contribution in [2.45, 2.75) is 39.4 Å². The first kappa shape index (κ1) is 18.0. The zero-order chi connectivity index (χ0) is 19.3. The third-order valence-corrected chi connectivity index (χ3v) is 7.27. The van der Waals surface area contributed by atoms with Crippen molar-refractivity contribution in [2.24, 2.45) is 0 Å². The van der Waals surface area contributed by atoms with Gasteiger partial charge in [0.15, 0.2) is 9.84 Å². The number of hydrogen-bond acceptors (Lipinski definition) is 3. The first-order valence-electron chi connectivity index (χ1n) is 9.18. The summed E-state index contributed by atoms with van der Waals surface area (Å²) in [5.74, 6) is 0.0673. The number of carbonyl (C=O) groups is 1. The Balaban J connectivity index is 1.73. The van der Waals surface area contributed by atoms with E-state index in [1.165, 1.54) is 0 Å². The highest BCUT2D eigenvalue weighted by molar-refractivity contribution is 7.91. The smallest absolute Gasteiger partial charge is 0.314 e. The highest BCUT2D eigenvalue weighted by Gasteiger charge is 2.54. The van der Waals surface area contributed by atoms with Crippen LogP contribution in [-0.2, 0) is 16.4 Å². The molecule has 142 valence electrons. The predicted molar refractivity (Wildman–Crippen MR) is 107 cm³/mol. The summed E-state index contributed by atoms with van der Waals surface area (Å²) in [6.07, 6.45) is 0. The third kappa shape index (κ3) is 3.23. The summed E-state index contributed by atoms with van der Waals surface area (Å²) in [5, 5.41) is 0.